The predicted octanol–water partition coefficient (Wildman–Crippen LogP) is 2.19. The van der Waals surface area contributed by atoms with Crippen LogP contribution in [0.2, 0.25) is 0 Å². The Morgan fingerprint density at radius 3 is 2.62 bits per heavy atom. The number of rotatable bonds is 4. The van der Waals surface area contributed by atoms with Crippen LogP contribution >= 0.6 is 15.9 Å². The molecular weight excluding hydrogens is 397 g/mol. The van der Waals surface area contributed by atoms with Crippen LogP contribution in [0.25, 0.3) is 0 Å². The van der Waals surface area contributed by atoms with Crippen LogP contribution in [-0.4, -0.2) is 34.6 Å². The van der Waals surface area contributed by atoms with Gasteiger partial charge < -0.3 is 9.72 Å². The highest BCUT2D eigenvalue weighted by Crippen LogP contribution is 2.19. The monoisotopic (exact) mass is 406 g/mol. The summed E-state index contributed by atoms with van der Waals surface area (Å²) in [6.07, 6.45) is -1.88. The molecule has 0 saturated heterocycles. The summed E-state index contributed by atoms with van der Waals surface area (Å²) in [5.41, 5.74) is 4.10. The molecule has 7 nitrogen and oxygen atoms in total. The minimum Gasteiger partial charge on any atom is -0.467 e. The number of aromatic nitrogens is 2. The molecule has 0 aromatic carbocycles. The molecule has 0 aliphatic rings. The van der Waals surface area contributed by atoms with Crippen LogP contribution in [0, 0.1) is 0 Å². The number of hydrogen-bond donors (Lipinski definition) is 3. The van der Waals surface area contributed by atoms with Gasteiger partial charge in [0.25, 0.3) is 11.8 Å². The first-order chi connectivity index (χ1) is 11.3. The molecule has 0 aliphatic heterocycles. The van der Waals surface area contributed by atoms with E-state index in [9.17, 15) is 22.8 Å². The lowest BCUT2D eigenvalue weighted by atomic mass is 10.2. The highest BCUT2D eigenvalue weighted by Gasteiger charge is 2.29. The molecule has 0 fully saturated rings. The second-order valence-electron chi connectivity index (χ2n) is 4.40. The third kappa shape index (κ3) is 4.98. The van der Waals surface area contributed by atoms with Gasteiger partial charge in [0.1, 0.15) is 11.3 Å². The summed E-state index contributed by atoms with van der Waals surface area (Å²) in [5.74, 6) is -2.01. The average molecular weight is 407 g/mol. The Morgan fingerprint density at radius 1 is 1.29 bits per heavy atom. The summed E-state index contributed by atoms with van der Waals surface area (Å²) in [6.45, 7) is -1.59. The van der Waals surface area contributed by atoms with Crippen molar-refractivity contribution in [3.63, 3.8) is 0 Å². The normalized spacial score (nSPS) is 11.0. The lowest BCUT2D eigenvalue weighted by Crippen LogP contribution is -2.42. The average Bonchev–Trinajstić information content (AvgIpc) is 2.96. The van der Waals surface area contributed by atoms with E-state index in [1.807, 2.05) is 0 Å². The molecule has 2 aromatic rings. The number of hydrazine groups is 1. The van der Waals surface area contributed by atoms with Crippen LogP contribution in [0.1, 0.15) is 20.8 Å². The van der Waals surface area contributed by atoms with Crippen molar-refractivity contribution < 1.29 is 27.5 Å². The SMILES string of the molecule is O=C(NNC(=O)c1cccnc1OCC(F)(F)F)c1cc(Br)c[nH]1. The summed E-state index contributed by atoms with van der Waals surface area (Å²) in [5, 5.41) is 0. The zero-order chi connectivity index (χ0) is 17.7. The smallest absolute Gasteiger partial charge is 0.422 e. The number of halogens is 4. The van der Waals surface area contributed by atoms with Gasteiger partial charge in [0, 0.05) is 16.9 Å². The number of hydrogen-bond acceptors (Lipinski definition) is 4. The lowest BCUT2D eigenvalue weighted by Gasteiger charge is -2.12. The van der Waals surface area contributed by atoms with E-state index in [0.717, 1.165) is 0 Å². The van der Waals surface area contributed by atoms with Crippen molar-refractivity contribution in [1.29, 1.82) is 0 Å². The van der Waals surface area contributed by atoms with Crippen LogP contribution in [0.5, 0.6) is 5.88 Å². The van der Waals surface area contributed by atoms with E-state index in [0.29, 0.717) is 4.47 Å². The van der Waals surface area contributed by atoms with E-state index in [2.05, 4.69) is 41.5 Å². The Morgan fingerprint density at radius 2 is 2.00 bits per heavy atom. The largest absolute Gasteiger partial charge is 0.467 e. The van der Waals surface area contributed by atoms with Gasteiger partial charge in [-0.1, -0.05) is 0 Å². The van der Waals surface area contributed by atoms with Gasteiger partial charge in [0.05, 0.1) is 0 Å². The number of pyridine rings is 1. The zero-order valence-corrected chi connectivity index (χ0v) is 13.4. The van der Waals surface area contributed by atoms with E-state index in [1.54, 1.807) is 0 Å². The molecule has 0 atom stereocenters. The number of amides is 2. The van der Waals surface area contributed by atoms with Gasteiger partial charge in [0.15, 0.2) is 6.61 Å². The van der Waals surface area contributed by atoms with E-state index in [1.165, 1.54) is 30.6 Å². The number of H-pyrrole nitrogens is 1. The van der Waals surface area contributed by atoms with Gasteiger partial charge in [-0.15, -0.1) is 0 Å². The summed E-state index contributed by atoms with van der Waals surface area (Å²) in [7, 11) is 0. The topological polar surface area (TPSA) is 96.1 Å². The molecule has 2 rings (SSSR count). The Bertz CT molecular complexity index is 748. The van der Waals surface area contributed by atoms with Gasteiger partial charge in [0.2, 0.25) is 5.88 Å². The zero-order valence-electron chi connectivity index (χ0n) is 11.8. The molecule has 0 aliphatic carbocycles. The third-order valence-electron chi connectivity index (χ3n) is 2.57. The van der Waals surface area contributed by atoms with Gasteiger partial charge in [-0.2, -0.15) is 13.2 Å². The molecule has 11 heteroatoms. The summed E-state index contributed by atoms with van der Waals surface area (Å²) in [6, 6.07) is 4.04. The van der Waals surface area contributed by atoms with Crippen molar-refractivity contribution in [3.05, 3.63) is 46.3 Å². The minimum atomic E-state index is -4.57. The van der Waals surface area contributed by atoms with Crippen LogP contribution in [0.3, 0.4) is 0 Å². The first-order valence-electron chi connectivity index (χ1n) is 6.35. The molecule has 0 saturated carbocycles. The molecular formula is C13H10BrF3N4O3. The van der Waals surface area contributed by atoms with Crippen molar-refractivity contribution in [1.82, 2.24) is 20.8 Å². The number of nitrogens with zero attached hydrogens (tertiary/aromatic N) is 1. The second-order valence-corrected chi connectivity index (χ2v) is 5.32. The molecule has 24 heavy (non-hydrogen) atoms. The van der Waals surface area contributed by atoms with Gasteiger partial charge in [-0.25, -0.2) is 4.98 Å². The van der Waals surface area contributed by atoms with Crippen LogP contribution in [-0.2, 0) is 0 Å². The standard InChI is InChI=1S/C13H10BrF3N4O3/c14-7-4-9(19-5-7)11(23)21-20-10(22)8-2-1-3-18-12(8)24-6-13(15,16)17/h1-5,19H,6H2,(H,20,22)(H,21,23). The summed E-state index contributed by atoms with van der Waals surface area (Å²) < 4.78 is 41.7. The Kier molecular flexibility index (Phi) is 5.44. The van der Waals surface area contributed by atoms with E-state index in [-0.39, 0.29) is 11.3 Å². The molecule has 0 radical (unpaired) electrons. The van der Waals surface area contributed by atoms with Crippen molar-refractivity contribution in [2.75, 3.05) is 6.61 Å². The van der Waals surface area contributed by atoms with E-state index < -0.39 is 30.5 Å². The maximum absolute atomic E-state index is 12.2. The maximum Gasteiger partial charge on any atom is 0.422 e. The molecule has 128 valence electrons. The Labute approximate surface area is 141 Å². The maximum atomic E-state index is 12.2. The van der Waals surface area contributed by atoms with Gasteiger partial charge >= 0.3 is 6.18 Å². The van der Waals surface area contributed by atoms with Crippen molar-refractivity contribution in [2.45, 2.75) is 6.18 Å². The lowest BCUT2D eigenvalue weighted by molar-refractivity contribution is -0.154. The first kappa shape index (κ1) is 17.8. The molecule has 0 bridgehead atoms. The summed E-state index contributed by atoms with van der Waals surface area (Å²) in [4.78, 5) is 30.0. The van der Waals surface area contributed by atoms with Gasteiger partial charge in [-0.05, 0) is 34.1 Å². The van der Waals surface area contributed by atoms with Crippen molar-refractivity contribution in [3.8, 4) is 5.88 Å². The fourth-order valence-electron chi connectivity index (χ4n) is 1.58. The fourth-order valence-corrected chi connectivity index (χ4v) is 1.92. The van der Waals surface area contributed by atoms with Crippen LogP contribution in [0.15, 0.2) is 35.1 Å². The number of carbonyl (C=O) groups excluding carboxylic acids is 2. The number of aromatic amines is 1. The predicted molar refractivity (Wildman–Crippen MR) is 79.2 cm³/mol. The Hall–Kier alpha value is -2.56. The number of ether oxygens (including phenoxy) is 1. The molecule has 2 heterocycles. The molecule has 0 spiro atoms. The first-order valence-corrected chi connectivity index (χ1v) is 7.15. The highest BCUT2D eigenvalue weighted by atomic mass is 79.9. The summed E-state index contributed by atoms with van der Waals surface area (Å²) >= 11 is 3.14. The quantitative estimate of drug-likeness (QED) is 0.678. The van der Waals surface area contributed by atoms with E-state index >= 15 is 0 Å². The molecule has 2 aromatic heterocycles. The van der Waals surface area contributed by atoms with Crippen molar-refractivity contribution in [2.24, 2.45) is 0 Å². The molecule has 0 unspecified atom stereocenters. The van der Waals surface area contributed by atoms with Crippen LogP contribution < -0.4 is 15.6 Å². The fraction of sp³-hybridized carbons (Fsp3) is 0.154. The molecule has 3 N–H and O–H groups in total. The highest BCUT2D eigenvalue weighted by molar-refractivity contribution is 9.10. The second kappa shape index (κ2) is 7.34. The Balaban J connectivity index is 2.00. The third-order valence-corrected chi connectivity index (χ3v) is 3.03. The van der Waals surface area contributed by atoms with Crippen molar-refractivity contribution >= 4 is 27.7 Å². The van der Waals surface area contributed by atoms with Gasteiger partial charge in [-0.3, -0.25) is 20.4 Å². The molecule has 2 amide bonds. The number of nitrogens with one attached hydrogen (secondary N) is 3. The number of alkyl halides is 3. The number of carbonyl (C=O) groups is 2. The van der Waals surface area contributed by atoms with E-state index in [4.69, 9.17) is 0 Å². The minimum absolute atomic E-state index is 0.168. The van der Waals surface area contributed by atoms with Crippen LogP contribution in [0.4, 0.5) is 13.2 Å².